The van der Waals surface area contributed by atoms with E-state index in [4.69, 9.17) is 16.3 Å². The highest BCUT2D eigenvalue weighted by Crippen LogP contribution is 2.38. The van der Waals surface area contributed by atoms with Gasteiger partial charge in [0.15, 0.2) is 0 Å². The van der Waals surface area contributed by atoms with Crippen molar-refractivity contribution in [2.75, 3.05) is 33.3 Å². The Balaban J connectivity index is 1.14. The van der Waals surface area contributed by atoms with E-state index in [1.807, 2.05) is 0 Å². The van der Waals surface area contributed by atoms with Crippen molar-refractivity contribution >= 4 is 35.2 Å². The Kier molecular flexibility index (Phi) is 9.91. The zero-order chi connectivity index (χ0) is 27.7. The van der Waals surface area contributed by atoms with E-state index < -0.39 is 18.9 Å². The number of ether oxygens (including phenoxy) is 2. The van der Waals surface area contributed by atoms with Crippen molar-refractivity contribution in [2.24, 2.45) is 17.8 Å². The molecular formula is C25H41ClF2N6O4S. The summed E-state index contributed by atoms with van der Waals surface area (Å²) in [5.41, 5.74) is -0.354. The molecule has 10 nitrogen and oxygen atoms in total. The SMILES string of the molecule is COC1CNC(Cl)CC1C1CC(C)NCC1C(=O)NC1NC2CN(C(=O)C3CCCC(OC(F)F)N3)CC2S1. The molecule has 0 spiro atoms. The van der Waals surface area contributed by atoms with Crippen LogP contribution < -0.4 is 26.6 Å². The molecule has 222 valence electrons. The minimum absolute atomic E-state index is 0.0170. The van der Waals surface area contributed by atoms with Crippen LogP contribution in [0.25, 0.3) is 0 Å². The first-order valence-corrected chi connectivity index (χ1v) is 15.4. The summed E-state index contributed by atoms with van der Waals surface area (Å²) in [5.74, 6) is 0.115. The third kappa shape index (κ3) is 6.99. The van der Waals surface area contributed by atoms with Crippen LogP contribution in [0.1, 0.15) is 39.0 Å². The fourth-order valence-electron chi connectivity index (χ4n) is 6.99. The number of likely N-dealkylation sites (tertiary alicyclic amines) is 1. The molecule has 5 heterocycles. The number of hydrogen-bond acceptors (Lipinski definition) is 9. The summed E-state index contributed by atoms with van der Waals surface area (Å²) >= 11 is 8.09. The second-order valence-corrected chi connectivity index (χ2v) is 13.4. The maximum Gasteiger partial charge on any atom is 0.346 e. The van der Waals surface area contributed by atoms with Crippen molar-refractivity contribution < 1.29 is 27.8 Å². The lowest BCUT2D eigenvalue weighted by Crippen LogP contribution is -2.57. The van der Waals surface area contributed by atoms with Crippen LogP contribution in [0.3, 0.4) is 0 Å². The van der Waals surface area contributed by atoms with Crippen LogP contribution in [0.15, 0.2) is 0 Å². The van der Waals surface area contributed by atoms with Crippen molar-refractivity contribution in [3.8, 4) is 0 Å². The minimum atomic E-state index is -2.86. The molecule has 0 aromatic rings. The Morgan fingerprint density at radius 3 is 2.67 bits per heavy atom. The van der Waals surface area contributed by atoms with E-state index in [9.17, 15) is 18.4 Å². The fraction of sp³-hybridized carbons (Fsp3) is 0.920. The summed E-state index contributed by atoms with van der Waals surface area (Å²) in [7, 11) is 1.72. The highest BCUT2D eigenvalue weighted by Gasteiger charge is 2.47. The number of fused-ring (bicyclic) bond motifs is 1. The van der Waals surface area contributed by atoms with Crippen LogP contribution in [0, 0.1) is 17.8 Å². The van der Waals surface area contributed by atoms with Gasteiger partial charge in [0.1, 0.15) is 11.7 Å². The van der Waals surface area contributed by atoms with Gasteiger partial charge in [0.25, 0.3) is 0 Å². The molecule has 0 saturated carbocycles. The number of methoxy groups -OCH3 is 1. The predicted molar refractivity (Wildman–Crippen MR) is 144 cm³/mol. The van der Waals surface area contributed by atoms with Gasteiger partial charge in [-0.1, -0.05) is 0 Å². The molecule has 0 bridgehead atoms. The lowest BCUT2D eigenvalue weighted by atomic mass is 9.70. The zero-order valence-corrected chi connectivity index (χ0v) is 24.0. The van der Waals surface area contributed by atoms with Crippen molar-refractivity contribution in [1.82, 2.24) is 31.5 Å². The Morgan fingerprint density at radius 2 is 1.92 bits per heavy atom. The van der Waals surface area contributed by atoms with Crippen LogP contribution in [0.5, 0.6) is 0 Å². The summed E-state index contributed by atoms with van der Waals surface area (Å²) in [6, 6.07) is -0.142. The molecule has 0 aliphatic carbocycles. The first-order chi connectivity index (χ1) is 18.7. The van der Waals surface area contributed by atoms with Gasteiger partial charge in [0.2, 0.25) is 11.8 Å². The Morgan fingerprint density at radius 1 is 1.10 bits per heavy atom. The number of piperidine rings is 3. The van der Waals surface area contributed by atoms with Crippen LogP contribution >= 0.6 is 23.4 Å². The van der Waals surface area contributed by atoms with Gasteiger partial charge in [-0.15, -0.1) is 23.4 Å². The number of nitrogens with zero attached hydrogens (tertiary/aromatic N) is 1. The van der Waals surface area contributed by atoms with E-state index in [0.717, 1.165) is 12.8 Å². The van der Waals surface area contributed by atoms with Gasteiger partial charge in [-0.25, -0.2) is 0 Å². The van der Waals surface area contributed by atoms with Crippen molar-refractivity contribution in [3.63, 3.8) is 0 Å². The van der Waals surface area contributed by atoms with Gasteiger partial charge in [0.05, 0.1) is 23.6 Å². The molecule has 0 aromatic heterocycles. The van der Waals surface area contributed by atoms with Crippen LogP contribution in [-0.4, -0.2) is 103 Å². The molecule has 39 heavy (non-hydrogen) atoms. The quantitative estimate of drug-likeness (QED) is 0.216. The normalized spacial score (nSPS) is 42.9. The summed E-state index contributed by atoms with van der Waals surface area (Å²) in [6.45, 7) is 1.66. The van der Waals surface area contributed by atoms with Crippen molar-refractivity contribution in [1.29, 1.82) is 0 Å². The lowest BCUT2D eigenvalue weighted by Gasteiger charge is -2.45. The maximum atomic E-state index is 13.6. The Bertz CT molecular complexity index is 868. The number of rotatable bonds is 7. The van der Waals surface area contributed by atoms with E-state index in [0.29, 0.717) is 51.5 Å². The van der Waals surface area contributed by atoms with Crippen LogP contribution in [0.4, 0.5) is 8.78 Å². The molecule has 0 aromatic carbocycles. The third-order valence-electron chi connectivity index (χ3n) is 8.95. The molecule has 5 aliphatic heterocycles. The minimum Gasteiger partial charge on any atom is -0.380 e. The topological polar surface area (TPSA) is 116 Å². The molecule has 5 aliphatic rings. The first kappa shape index (κ1) is 29.7. The smallest absolute Gasteiger partial charge is 0.346 e. The second-order valence-electron chi connectivity index (χ2n) is 11.5. The number of carbonyl (C=O) groups is 2. The highest BCUT2D eigenvalue weighted by molar-refractivity contribution is 8.00. The van der Waals surface area contributed by atoms with Gasteiger partial charge in [-0.3, -0.25) is 25.5 Å². The van der Waals surface area contributed by atoms with E-state index in [2.05, 4.69) is 38.2 Å². The number of thioether (sulfide) groups is 1. The molecule has 0 radical (unpaired) electrons. The Hall–Kier alpha value is -0.800. The fourth-order valence-corrected chi connectivity index (χ4v) is 8.69. The Labute approximate surface area is 237 Å². The van der Waals surface area contributed by atoms with E-state index in [1.165, 1.54) is 0 Å². The molecule has 11 atom stereocenters. The third-order valence-corrected chi connectivity index (χ3v) is 10.6. The molecule has 5 rings (SSSR count). The number of alkyl halides is 3. The number of nitrogens with one attached hydrogen (secondary N) is 5. The molecule has 5 saturated heterocycles. The summed E-state index contributed by atoms with van der Waals surface area (Å²) in [4.78, 5) is 28.5. The number of hydrogen-bond donors (Lipinski definition) is 5. The highest BCUT2D eigenvalue weighted by atomic mass is 35.5. The summed E-state index contributed by atoms with van der Waals surface area (Å²) in [6.07, 6.45) is 2.59. The summed E-state index contributed by atoms with van der Waals surface area (Å²) < 4.78 is 35.6. The molecular weight excluding hydrogens is 554 g/mol. The van der Waals surface area contributed by atoms with E-state index in [1.54, 1.807) is 23.8 Å². The van der Waals surface area contributed by atoms with Gasteiger partial charge >= 0.3 is 6.61 Å². The van der Waals surface area contributed by atoms with Crippen LogP contribution in [-0.2, 0) is 19.1 Å². The average Bonchev–Trinajstić information content (AvgIpc) is 3.46. The molecule has 14 heteroatoms. The second kappa shape index (κ2) is 13.0. The van der Waals surface area contributed by atoms with Gasteiger partial charge in [-0.2, -0.15) is 8.78 Å². The van der Waals surface area contributed by atoms with Crippen molar-refractivity contribution in [2.45, 2.75) is 92.3 Å². The zero-order valence-electron chi connectivity index (χ0n) is 22.4. The van der Waals surface area contributed by atoms with Gasteiger partial charge < -0.3 is 25.0 Å². The van der Waals surface area contributed by atoms with Gasteiger partial charge in [-0.05, 0) is 50.9 Å². The predicted octanol–water partition coefficient (Wildman–Crippen LogP) is 0.813. The van der Waals surface area contributed by atoms with E-state index in [-0.39, 0.29) is 58.0 Å². The monoisotopic (exact) mass is 594 g/mol. The molecule has 11 unspecified atom stereocenters. The van der Waals surface area contributed by atoms with E-state index >= 15 is 0 Å². The van der Waals surface area contributed by atoms with Crippen molar-refractivity contribution in [3.05, 3.63) is 0 Å². The average molecular weight is 595 g/mol. The molecule has 5 fully saturated rings. The molecule has 2 amide bonds. The van der Waals surface area contributed by atoms with Gasteiger partial charge in [0, 0.05) is 50.6 Å². The number of halogens is 3. The lowest BCUT2D eigenvalue weighted by molar-refractivity contribution is -0.181. The summed E-state index contributed by atoms with van der Waals surface area (Å²) in [5, 5.41) is 16.5. The largest absolute Gasteiger partial charge is 0.380 e. The number of amides is 2. The maximum absolute atomic E-state index is 13.6. The number of carbonyl (C=O) groups excluding carboxylic acids is 2. The standard InChI is InChI=1S/C25H41ClF2N6O4S/c1-12-6-13(14-7-20(26)30-9-18(14)37-2)15(8-29-12)22(35)33-25-32-17-10-34(11-19(17)39-25)23(36)16-4-3-5-21(31-16)38-24(27)28/h12-21,24-25,29-32H,3-11H2,1-2H3,(H,33,35). The van der Waals surface area contributed by atoms with Crippen LogP contribution in [0.2, 0.25) is 0 Å². The molecule has 5 N–H and O–H groups in total. The first-order valence-electron chi connectivity index (χ1n) is 14.1.